The fourth-order valence-electron chi connectivity index (χ4n) is 2.95. The number of amides is 1. The maximum Gasteiger partial charge on any atom is 0.329 e. The zero-order chi connectivity index (χ0) is 14.1. The largest absolute Gasteiger partial charge is 0.480 e. The third-order valence-corrected chi connectivity index (χ3v) is 4.03. The van der Waals surface area contributed by atoms with Crippen LogP contribution in [0, 0.1) is 0 Å². The average Bonchev–Trinajstić information content (AvgIpc) is 2.32. The summed E-state index contributed by atoms with van der Waals surface area (Å²) in [6.07, 6.45) is 11.2. The lowest BCUT2D eigenvalue weighted by Gasteiger charge is -2.30. The molecule has 1 saturated carbocycles. The van der Waals surface area contributed by atoms with E-state index in [0.29, 0.717) is 12.8 Å². The highest BCUT2D eigenvalue weighted by Crippen LogP contribution is 2.25. The van der Waals surface area contributed by atoms with Gasteiger partial charge in [0, 0.05) is 6.92 Å². The van der Waals surface area contributed by atoms with E-state index in [-0.39, 0.29) is 5.91 Å². The Labute approximate surface area is 116 Å². The molecule has 4 heteroatoms. The van der Waals surface area contributed by atoms with Gasteiger partial charge < -0.3 is 10.4 Å². The molecule has 0 heterocycles. The number of hydrogen-bond acceptors (Lipinski definition) is 2. The first-order valence-electron chi connectivity index (χ1n) is 7.59. The van der Waals surface area contributed by atoms with Gasteiger partial charge in [-0.3, -0.25) is 4.79 Å². The standard InChI is InChI=1S/C15H27NO3/c1-13(17)16-15(14(18)19)11-9-7-5-3-2-4-6-8-10-12-15/h2-12H2,1H3,(H,16,17)(H,18,19). The first-order valence-corrected chi connectivity index (χ1v) is 7.59. The monoisotopic (exact) mass is 269 g/mol. The van der Waals surface area contributed by atoms with Gasteiger partial charge in [0.1, 0.15) is 5.54 Å². The predicted molar refractivity (Wildman–Crippen MR) is 75.0 cm³/mol. The molecule has 1 aliphatic carbocycles. The van der Waals surface area contributed by atoms with Crippen LogP contribution >= 0.6 is 0 Å². The summed E-state index contributed by atoms with van der Waals surface area (Å²) in [6.45, 7) is 1.40. The normalized spacial score (nSPS) is 21.7. The van der Waals surface area contributed by atoms with Crippen LogP contribution in [-0.4, -0.2) is 22.5 Å². The van der Waals surface area contributed by atoms with Gasteiger partial charge in [-0.2, -0.15) is 0 Å². The van der Waals surface area contributed by atoms with Crippen LogP contribution < -0.4 is 5.32 Å². The van der Waals surface area contributed by atoms with Crippen LogP contribution in [0.15, 0.2) is 0 Å². The summed E-state index contributed by atoms with van der Waals surface area (Å²) in [5.74, 6) is -1.12. The molecule has 4 nitrogen and oxygen atoms in total. The van der Waals surface area contributed by atoms with Crippen molar-refractivity contribution in [2.45, 2.75) is 83.1 Å². The fraction of sp³-hybridized carbons (Fsp3) is 0.867. The maximum absolute atomic E-state index is 11.6. The molecule has 0 unspecified atom stereocenters. The predicted octanol–water partition coefficient (Wildman–Crippen LogP) is 3.25. The minimum atomic E-state index is -1.04. The van der Waals surface area contributed by atoms with Gasteiger partial charge in [0.15, 0.2) is 0 Å². The van der Waals surface area contributed by atoms with Crippen LogP contribution in [0.3, 0.4) is 0 Å². The Kier molecular flexibility index (Phi) is 6.89. The van der Waals surface area contributed by atoms with E-state index < -0.39 is 11.5 Å². The van der Waals surface area contributed by atoms with Crippen LogP contribution in [0.2, 0.25) is 0 Å². The molecule has 0 aromatic heterocycles. The van der Waals surface area contributed by atoms with E-state index in [1.807, 2.05) is 0 Å². The third kappa shape index (κ3) is 5.62. The first kappa shape index (κ1) is 16.0. The van der Waals surface area contributed by atoms with E-state index >= 15 is 0 Å². The highest BCUT2D eigenvalue weighted by molar-refractivity contribution is 5.85. The smallest absolute Gasteiger partial charge is 0.329 e. The third-order valence-electron chi connectivity index (χ3n) is 4.03. The Bertz CT molecular complexity index is 290. The summed E-state index contributed by atoms with van der Waals surface area (Å²) in [7, 11) is 0. The van der Waals surface area contributed by atoms with Crippen molar-refractivity contribution in [2.75, 3.05) is 0 Å². The number of carboxylic acid groups (broad SMARTS) is 1. The summed E-state index contributed by atoms with van der Waals surface area (Å²) in [4.78, 5) is 22.9. The Balaban J connectivity index is 2.69. The molecule has 1 amide bonds. The van der Waals surface area contributed by atoms with Crippen molar-refractivity contribution >= 4 is 11.9 Å². The van der Waals surface area contributed by atoms with Crippen molar-refractivity contribution in [1.82, 2.24) is 5.32 Å². The summed E-state index contributed by atoms with van der Waals surface area (Å²) in [5, 5.41) is 12.2. The molecule has 0 radical (unpaired) electrons. The second kappa shape index (κ2) is 8.18. The summed E-state index contributed by atoms with van der Waals surface area (Å²) < 4.78 is 0. The van der Waals surface area contributed by atoms with E-state index in [1.54, 1.807) is 0 Å². The van der Waals surface area contributed by atoms with Crippen molar-refractivity contribution in [3.8, 4) is 0 Å². The van der Waals surface area contributed by atoms with Crippen molar-refractivity contribution < 1.29 is 14.7 Å². The molecule has 1 fully saturated rings. The van der Waals surface area contributed by atoms with Crippen LogP contribution in [0.5, 0.6) is 0 Å². The van der Waals surface area contributed by atoms with E-state index in [2.05, 4.69) is 5.32 Å². The molecule has 0 bridgehead atoms. The molecule has 0 aromatic rings. The summed E-state index contributed by atoms with van der Waals surface area (Å²) in [5.41, 5.74) is -1.04. The number of carbonyl (C=O) groups is 2. The van der Waals surface area contributed by atoms with Gasteiger partial charge in [-0.05, 0) is 12.8 Å². The molecule has 0 saturated heterocycles. The molecule has 1 rings (SSSR count). The quantitative estimate of drug-likeness (QED) is 0.808. The van der Waals surface area contributed by atoms with Gasteiger partial charge in [0.2, 0.25) is 5.91 Å². The number of hydrogen-bond donors (Lipinski definition) is 2. The van der Waals surface area contributed by atoms with Crippen LogP contribution in [0.1, 0.15) is 77.6 Å². The molecule has 0 atom stereocenters. The van der Waals surface area contributed by atoms with Gasteiger partial charge in [-0.1, -0.05) is 57.8 Å². The van der Waals surface area contributed by atoms with Crippen molar-refractivity contribution in [3.63, 3.8) is 0 Å². The minimum Gasteiger partial charge on any atom is -0.480 e. The second-order valence-corrected chi connectivity index (χ2v) is 5.75. The number of rotatable bonds is 2. The van der Waals surface area contributed by atoms with E-state index in [4.69, 9.17) is 0 Å². The molecule has 2 N–H and O–H groups in total. The Hall–Kier alpha value is -1.06. The van der Waals surface area contributed by atoms with Crippen LogP contribution in [0.4, 0.5) is 0 Å². The van der Waals surface area contributed by atoms with Gasteiger partial charge in [-0.25, -0.2) is 4.79 Å². The lowest BCUT2D eigenvalue weighted by Crippen LogP contribution is -2.54. The van der Waals surface area contributed by atoms with Gasteiger partial charge in [-0.15, -0.1) is 0 Å². The maximum atomic E-state index is 11.6. The lowest BCUT2D eigenvalue weighted by molar-refractivity contribution is -0.148. The van der Waals surface area contributed by atoms with E-state index in [0.717, 1.165) is 25.7 Å². The topological polar surface area (TPSA) is 66.4 Å². The SMILES string of the molecule is CC(=O)NC1(C(=O)O)CCCCCCCCCCC1. The number of carbonyl (C=O) groups excluding carboxylic acids is 1. The number of carboxylic acids is 1. The molecule has 19 heavy (non-hydrogen) atoms. The van der Waals surface area contributed by atoms with Crippen LogP contribution in [0.25, 0.3) is 0 Å². The number of nitrogens with one attached hydrogen (secondary N) is 1. The zero-order valence-corrected chi connectivity index (χ0v) is 12.0. The van der Waals surface area contributed by atoms with Crippen molar-refractivity contribution in [2.24, 2.45) is 0 Å². The average molecular weight is 269 g/mol. The van der Waals surface area contributed by atoms with Gasteiger partial charge in [0.25, 0.3) is 0 Å². The fourth-order valence-corrected chi connectivity index (χ4v) is 2.95. The molecule has 0 aliphatic heterocycles. The van der Waals surface area contributed by atoms with E-state index in [9.17, 15) is 14.7 Å². The van der Waals surface area contributed by atoms with Crippen molar-refractivity contribution in [3.05, 3.63) is 0 Å². The van der Waals surface area contributed by atoms with Gasteiger partial charge in [0.05, 0.1) is 0 Å². The zero-order valence-electron chi connectivity index (χ0n) is 12.0. The first-order chi connectivity index (χ1) is 9.07. The summed E-state index contributed by atoms with van der Waals surface area (Å²) in [6, 6.07) is 0. The molecule has 110 valence electrons. The Morgan fingerprint density at radius 2 is 1.21 bits per heavy atom. The second-order valence-electron chi connectivity index (χ2n) is 5.75. The van der Waals surface area contributed by atoms with Crippen molar-refractivity contribution in [1.29, 1.82) is 0 Å². The van der Waals surface area contributed by atoms with Crippen LogP contribution in [-0.2, 0) is 9.59 Å². The minimum absolute atomic E-state index is 0.241. The molecular formula is C15H27NO3. The molecular weight excluding hydrogens is 242 g/mol. The lowest BCUT2D eigenvalue weighted by atomic mass is 9.85. The molecule has 1 aliphatic rings. The highest BCUT2D eigenvalue weighted by atomic mass is 16.4. The molecule has 0 aromatic carbocycles. The summed E-state index contributed by atoms with van der Waals surface area (Å²) >= 11 is 0. The highest BCUT2D eigenvalue weighted by Gasteiger charge is 2.38. The number of aliphatic carboxylic acids is 1. The van der Waals surface area contributed by atoms with Gasteiger partial charge >= 0.3 is 5.97 Å². The Morgan fingerprint density at radius 3 is 1.53 bits per heavy atom. The molecule has 0 spiro atoms. The van der Waals surface area contributed by atoms with E-state index in [1.165, 1.54) is 39.0 Å². The Morgan fingerprint density at radius 1 is 0.842 bits per heavy atom.